The van der Waals surface area contributed by atoms with Gasteiger partial charge in [-0.3, -0.25) is 4.79 Å². The number of carbonyl (C=O) groups is 2. The van der Waals surface area contributed by atoms with Crippen LogP contribution in [0.25, 0.3) is 11.1 Å². The third kappa shape index (κ3) is 2.87. The summed E-state index contributed by atoms with van der Waals surface area (Å²) in [6.45, 7) is 0. The van der Waals surface area contributed by atoms with Gasteiger partial charge in [0.1, 0.15) is 16.9 Å². The van der Waals surface area contributed by atoms with Crippen LogP contribution in [0.2, 0.25) is 0 Å². The number of H-pyrrole nitrogens is 1. The van der Waals surface area contributed by atoms with Crippen LogP contribution in [0.15, 0.2) is 16.9 Å². The number of ether oxygens (including phenoxy) is 1. The van der Waals surface area contributed by atoms with Gasteiger partial charge in [0.25, 0.3) is 5.56 Å². The SMILES string of the molecule is COc1cc(-c2c(C(=O)O)c(N)[nH]c(=O)c2C(=O)O)cc(I)c1O. The molecule has 0 unspecified atom stereocenters. The molecule has 0 aliphatic heterocycles. The van der Waals surface area contributed by atoms with E-state index in [9.17, 15) is 29.7 Å². The van der Waals surface area contributed by atoms with Crippen molar-refractivity contribution in [2.45, 2.75) is 0 Å². The highest BCUT2D eigenvalue weighted by atomic mass is 127. The number of phenolic OH excluding ortho intramolecular Hbond substituents is 1. The van der Waals surface area contributed by atoms with E-state index < -0.39 is 34.4 Å². The Hall–Kier alpha value is -2.76. The summed E-state index contributed by atoms with van der Waals surface area (Å²) in [6.07, 6.45) is 0. The summed E-state index contributed by atoms with van der Waals surface area (Å²) in [5.41, 5.74) is 2.87. The summed E-state index contributed by atoms with van der Waals surface area (Å²) in [5.74, 6) is -3.81. The van der Waals surface area contributed by atoms with Crippen LogP contribution in [-0.2, 0) is 0 Å². The fourth-order valence-electron chi connectivity index (χ4n) is 2.21. The Balaban J connectivity index is 3.02. The van der Waals surface area contributed by atoms with E-state index >= 15 is 0 Å². The first-order valence-corrected chi connectivity index (χ1v) is 7.36. The number of hydrogen-bond donors (Lipinski definition) is 5. The number of rotatable bonds is 4. The molecule has 1 aromatic carbocycles. The maximum Gasteiger partial charge on any atom is 0.342 e. The van der Waals surface area contributed by atoms with E-state index in [-0.39, 0.29) is 26.2 Å². The Morgan fingerprint density at radius 3 is 2.29 bits per heavy atom. The third-order valence-corrected chi connectivity index (χ3v) is 4.03. The van der Waals surface area contributed by atoms with Crippen LogP contribution >= 0.6 is 22.6 Å². The molecule has 9 nitrogen and oxygen atoms in total. The summed E-state index contributed by atoms with van der Waals surface area (Å²) in [4.78, 5) is 37.0. The molecule has 2 rings (SSSR count). The molecule has 2 aromatic rings. The Bertz CT molecular complexity index is 920. The number of nitrogens with one attached hydrogen (secondary N) is 1. The summed E-state index contributed by atoms with van der Waals surface area (Å²) in [5, 5.41) is 28.6. The molecule has 0 spiro atoms. The number of anilines is 1. The third-order valence-electron chi connectivity index (χ3n) is 3.21. The first-order valence-electron chi connectivity index (χ1n) is 6.28. The average Bonchev–Trinajstić information content (AvgIpc) is 2.48. The molecule has 0 atom stereocenters. The molecule has 6 N–H and O–H groups in total. The number of hydrogen-bond acceptors (Lipinski definition) is 6. The van der Waals surface area contributed by atoms with Crippen LogP contribution in [0.1, 0.15) is 20.7 Å². The number of aromatic amines is 1. The molecule has 1 aromatic heterocycles. The van der Waals surface area contributed by atoms with E-state index in [2.05, 4.69) is 0 Å². The van der Waals surface area contributed by atoms with Crippen molar-refractivity contribution in [2.24, 2.45) is 0 Å². The molecular weight excluding hydrogens is 435 g/mol. The van der Waals surface area contributed by atoms with Gasteiger partial charge in [0.2, 0.25) is 0 Å². The number of aromatic carboxylic acids is 2. The number of benzene rings is 1. The van der Waals surface area contributed by atoms with Crippen LogP contribution in [0.5, 0.6) is 11.5 Å². The smallest absolute Gasteiger partial charge is 0.342 e. The number of pyridine rings is 1. The van der Waals surface area contributed by atoms with Crippen molar-refractivity contribution < 1.29 is 29.6 Å². The van der Waals surface area contributed by atoms with E-state index in [4.69, 9.17) is 10.5 Å². The average molecular weight is 446 g/mol. The summed E-state index contributed by atoms with van der Waals surface area (Å²) < 4.78 is 5.25. The Labute approximate surface area is 147 Å². The van der Waals surface area contributed by atoms with Crippen LogP contribution in [-0.4, -0.2) is 39.4 Å². The number of aromatic hydroxyl groups is 1. The van der Waals surface area contributed by atoms with Crippen molar-refractivity contribution in [3.8, 4) is 22.6 Å². The monoisotopic (exact) mass is 446 g/mol. The van der Waals surface area contributed by atoms with E-state index in [1.807, 2.05) is 4.98 Å². The molecule has 0 bridgehead atoms. The molecule has 126 valence electrons. The number of nitrogen functional groups attached to an aromatic ring is 1. The number of aromatic nitrogens is 1. The van der Waals surface area contributed by atoms with Gasteiger partial charge in [0.05, 0.1) is 10.7 Å². The summed E-state index contributed by atoms with van der Waals surface area (Å²) >= 11 is 1.76. The molecule has 0 radical (unpaired) electrons. The summed E-state index contributed by atoms with van der Waals surface area (Å²) in [7, 11) is 1.28. The maximum absolute atomic E-state index is 12.0. The molecule has 0 amide bonds. The van der Waals surface area contributed by atoms with Gasteiger partial charge in [-0.05, 0) is 40.3 Å². The van der Waals surface area contributed by atoms with Crippen molar-refractivity contribution in [2.75, 3.05) is 12.8 Å². The number of halogens is 1. The van der Waals surface area contributed by atoms with Gasteiger partial charge in [0.15, 0.2) is 11.5 Å². The lowest BCUT2D eigenvalue weighted by molar-refractivity contribution is 0.0695. The van der Waals surface area contributed by atoms with Gasteiger partial charge < -0.3 is 30.8 Å². The molecular formula is C14H11IN2O7. The Kier molecular flexibility index (Phi) is 4.68. The lowest BCUT2D eigenvalue weighted by Crippen LogP contribution is -2.24. The van der Waals surface area contributed by atoms with Crippen LogP contribution in [0.3, 0.4) is 0 Å². The Morgan fingerprint density at radius 2 is 1.79 bits per heavy atom. The van der Waals surface area contributed by atoms with E-state index in [0.717, 1.165) is 0 Å². The summed E-state index contributed by atoms with van der Waals surface area (Å²) in [6, 6.07) is 2.55. The Morgan fingerprint density at radius 1 is 1.21 bits per heavy atom. The molecule has 0 fully saturated rings. The van der Waals surface area contributed by atoms with Crippen molar-refractivity contribution in [1.29, 1.82) is 0 Å². The van der Waals surface area contributed by atoms with Crippen molar-refractivity contribution in [1.82, 2.24) is 4.98 Å². The zero-order chi connectivity index (χ0) is 18.2. The normalized spacial score (nSPS) is 10.4. The van der Waals surface area contributed by atoms with Gasteiger partial charge in [-0.1, -0.05) is 0 Å². The highest BCUT2D eigenvalue weighted by Crippen LogP contribution is 2.38. The lowest BCUT2D eigenvalue weighted by Gasteiger charge is -2.14. The van der Waals surface area contributed by atoms with Crippen molar-refractivity contribution >= 4 is 40.3 Å². The molecule has 0 saturated carbocycles. The van der Waals surface area contributed by atoms with Gasteiger partial charge in [-0.15, -0.1) is 0 Å². The van der Waals surface area contributed by atoms with Gasteiger partial charge in [-0.25, -0.2) is 9.59 Å². The zero-order valence-corrected chi connectivity index (χ0v) is 14.2. The minimum Gasteiger partial charge on any atom is -0.504 e. The predicted molar refractivity (Wildman–Crippen MR) is 91.8 cm³/mol. The van der Waals surface area contributed by atoms with Crippen molar-refractivity contribution in [3.63, 3.8) is 0 Å². The number of phenols is 1. The fourth-order valence-corrected chi connectivity index (χ4v) is 2.81. The molecule has 10 heteroatoms. The highest BCUT2D eigenvalue weighted by Gasteiger charge is 2.27. The van der Waals surface area contributed by atoms with E-state index in [0.29, 0.717) is 0 Å². The largest absolute Gasteiger partial charge is 0.504 e. The minimum absolute atomic E-state index is 0.0107. The van der Waals surface area contributed by atoms with Crippen LogP contribution < -0.4 is 16.0 Å². The van der Waals surface area contributed by atoms with Gasteiger partial charge in [0, 0.05) is 5.56 Å². The number of carboxylic acid groups (broad SMARTS) is 2. The second-order valence-corrected chi connectivity index (χ2v) is 5.77. The number of nitrogens with two attached hydrogens (primary N) is 1. The first-order chi connectivity index (χ1) is 11.2. The molecule has 0 aliphatic carbocycles. The second kappa shape index (κ2) is 6.39. The van der Waals surface area contributed by atoms with Crippen LogP contribution in [0, 0.1) is 3.57 Å². The minimum atomic E-state index is -1.61. The molecule has 1 heterocycles. The maximum atomic E-state index is 12.0. The standard InChI is InChI=1S/C14H11IN2O7/c1-24-6-3-4(2-5(15)10(6)18)7-8(13(20)21)11(16)17-12(19)9(7)14(22)23/h2-3,18H,1H3,(H,20,21)(H,22,23)(H3,16,17,19). The molecule has 0 saturated heterocycles. The van der Waals surface area contributed by atoms with Gasteiger partial charge in [-0.2, -0.15) is 0 Å². The van der Waals surface area contributed by atoms with E-state index in [1.54, 1.807) is 22.6 Å². The molecule has 0 aliphatic rings. The predicted octanol–water partition coefficient (Wildman–Crippen LogP) is 1.34. The number of methoxy groups -OCH3 is 1. The highest BCUT2D eigenvalue weighted by molar-refractivity contribution is 14.1. The van der Waals surface area contributed by atoms with Crippen molar-refractivity contribution in [3.05, 3.63) is 37.2 Å². The topological polar surface area (TPSA) is 163 Å². The zero-order valence-electron chi connectivity index (χ0n) is 12.1. The first kappa shape index (κ1) is 17.6. The van der Waals surface area contributed by atoms with E-state index in [1.165, 1.54) is 19.2 Å². The van der Waals surface area contributed by atoms with Gasteiger partial charge >= 0.3 is 11.9 Å². The number of carboxylic acids is 2. The molecule has 24 heavy (non-hydrogen) atoms. The quantitative estimate of drug-likeness (QED) is 0.440. The lowest BCUT2D eigenvalue weighted by atomic mass is 9.95. The van der Waals surface area contributed by atoms with Crippen LogP contribution in [0.4, 0.5) is 5.82 Å². The fraction of sp³-hybridized carbons (Fsp3) is 0.0714. The second-order valence-electron chi connectivity index (χ2n) is 4.61.